The van der Waals surface area contributed by atoms with Gasteiger partial charge in [-0.25, -0.2) is 13.2 Å². The number of urea groups is 1. The Balaban J connectivity index is 1.60. The Hall–Kier alpha value is -2.36. The quantitative estimate of drug-likeness (QED) is 0.861. The molecule has 9 nitrogen and oxygen atoms in total. The van der Waals surface area contributed by atoms with Gasteiger partial charge in [0.15, 0.2) is 15.7 Å². The molecule has 0 aromatic carbocycles. The van der Waals surface area contributed by atoms with Gasteiger partial charge in [-0.1, -0.05) is 5.16 Å². The molecular weight excluding hydrogens is 324 g/mol. The van der Waals surface area contributed by atoms with E-state index in [4.69, 9.17) is 8.94 Å². The lowest BCUT2D eigenvalue weighted by Crippen LogP contribution is -2.34. The summed E-state index contributed by atoms with van der Waals surface area (Å²) < 4.78 is 32.5. The van der Waals surface area contributed by atoms with Crippen LogP contribution in [0.15, 0.2) is 21.3 Å². The molecule has 2 aromatic heterocycles. The number of sulfone groups is 1. The van der Waals surface area contributed by atoms with Crippen LogP contribution >= 0.6 is 0 Å². The molecular formula is C13H16N4O5S. The Morgan fingerprint density at radius 3 is 3.09 bits per heavy atom. The van der Waals surface area contributed by atoms with Gasteiger partial charge in [-0.15, -0.1) is 0 Å². The maximum absolute atomic E-state index is 12.0. The number of carbonyl (C=O) groups is 1. The van der Waals surface area contributed by atoms with E-state index in [0.29, 0.717) is 0 Å². The third-order valence-electron chi connectivity index (χ3n) is 3.44. The SMILES string of the molecule is CS(=O)(=O)Cc1noc(NC(=O)N[C@@H]2CCCc3occc32)n1. The second kappa shape index (κ2) is 6.03. The van der Waals surface area contributed by atoms with Crippen LogP contribution in [0.3, 0.4) is 0 Å². The fraction of sp³-hybridized carbons (Fsp3) is 0.462. The minimum Gasteiger partial charge on any atom is -0.469 e. The van der Waals surface area contributed by atoms with Crippen LogP contribution in [0.4, 0.5) is 10.8 Å². The van der Waals surface area contributed by atoms with Crippen molar-refractivity contribution in [2.75, 3.05) is 11.6 Å². The first kappa shape index (κ1) is 15.5. The lowest BCUT2D eigenvalue weighted by atomic mass is 9.93. The molecule has 0 unspecified atom stereocenters. The van der Waals surface area contributed by atoms with E-state index in [-0.39, 0.29) is 23.6 Å². The van der Waals surface area contributed by atoms with Crippen molar-refractivity contribution in [2.24, 2.45) is 0 Å². The average Bonchev–Trinajstić information content (AvgIpc) is 3.06. The second-order valence-corrected chi connectivity index (χ2v) is 7.57. The Kier molecular flexibility index (Phi) is 4.07. The molecule has 2 aromatic rings. The summed E-state index contributed by atoms with van der Waals surface area (Å²) in [5.74, 6) is 0.535. The van der Waals surface area contributed by atoms with Gasteiger partial charge >= 0.3 is 12.0 Å². The van der Waals surface area contributed by atoms with E-state index in [1.807, 2.05) is 6.07 Å². The number of rotatable bonds is 4. The number of carbonyl (C=O) groups excluding carboxylic acids is 1. The molecule has 0 radical (unpaired) electrons. The number of aromatic nitrogens is 2. The first-order chi connectivity index (χ1) is 10.9. The van der Waals surface area contributed by atoms with Crippen LogP contribution in [0.1, 0.15) is 36.0 Å². The largest absolute Gasteiger partial charge is 0.469 e. The summed E-state index contributed by atoms with van der Waals surface area (Å²) in [6, 6.07) is 1.05. The Morgan fingerprint density at radius 2 is 2.30 bits per heavy atom. The van der Waals surface area contributed by atoms with Gasteiger partial charge in [-0.3, -0.25) is 5.32 Å². The summed E-state index contributed by atoms with van der Waals surface area (Å²) in [6.07, 6.45) is 5.26. The van der Waals surface area contributed by atoms with Crippen molar-refractivity contribution in [3.63, 3.8) is 0 Å². The van der Waals surface area contributed by atoms with Crippen molar-refractivity contribution in [3.05, 3.63) is 29.5 Å². The van der Waals surface area contributed by atoms with E-state index in [2.05, 4.69) is 20.8 Å². The lowest BCUT2D eigenvalue weighted by molar-refractivity contribution is 0.245. The van der Waals surface area contributed by atoms with Crippen LogP contribution in [-0.2, 0) is 22.0 Å². The van der Waals surface area contributed by atoms with Gasteiger partial charge in [0.1, 0.15) is 11.5 Å². The van der Waals surface area contributed by atoms with Gasteiger partial charge in [-0.05, 0) is 18.9 Å². The maximum atomic E-state index is 12.0. The predicted molar refractivity (Wildman–Crippen MR) is 79.4 cm³/mol. The Bertz CT molecular complexity index is 810. The van der Waals surface area contributed by atoms with Gasteiger partial charge in [0, 0.05) is 18.2 Å². The van der Waals surface area contributed by atoms with E-state index in [1.54, 1.807) is 6.26 Å². The van der Waals surface area contributed by atoms with Crippen LogP contribution in [0.2, 0.25) is 0 Å². The van der Waals surface area contributed by atoms with Crippen molar-refractivity contribution in [1.29, 1.82) is 0 Å². The number of nitrogens with zero attached hydrogens (tertiary/aromatic N) is 2. The molecule has 0 fully saturated rings. The van der Waals surface area contributed by atoms with E-state index in [9.17, 15) is 13.2 Å². The molecule has 0 bridgehead atoms. The standard InChI is InChI=1S/C13H16N4O5S/c1-23(19,20)7-11-15-13(22-17-11)16-12(18)14-9-3-2-4-10-8(9)5-6-21-10/h5-6,9H,2-4,7H2,1H3,(H2,14,15,16,17,18)/t9-/m1/s1. The number of hydrogen-bond acceptors (Lipinski definition) is 7. The molecule has 1 aliphatic rings. The predicted octanol–water partition coefficient (Wildman–Crippen LogP) is 1.41. The molecule has 3 rings (SSSR count). The zero-order valence-corrected chi connectivity index (χ0v) is 13.2. The first-order valence-corrected chi connectivity index (χ1v) is 9.11. The van der Waals surface area contributed by atoms with Gasteiger partial charge in [0.2, 0.25) is 0 Å². The molecule has 10 heteroatoms. The zero-order chi connectivity index (χ0) is 16.4. The molecule has 2 amide bonds. The summed E-state index contributed by atoms with van der Waals surface area (Å²) in [5.41, 5.74) is 0.967. The number of anilines is 1. The highest BCUT2D eigenvalue weighted by Crippen LogP contribution is 2.30. The highest BCUT2D eigenvalue weighted by Gasteiger charge is 2.24. The van der Waals surface area contributed by atoms with Gasteiger partial charge in [-0.2, -0.15) is 4.98 Å². The molecule has 0 aliphatic heterocycles. The van der Waals surface area contributed by atoms with Crippen LogP contribution in [0.25, 0.3) is 0 Å². The summed E-state index contributed by atoms with van der Waals surface area (Å²) in [4.78, 5) is 15.8. The molecule has 0 spiro atoms. The van der Waals surface area contributed by atoms with Crippen molar-refractivity contribution >= 4 is 21.9 Å². The topological polar surface area (TPSA) is 127 Å². The van der Waals surface area contributed by atoms with Gasteiger partial charge in [0.05, 0.1) is 12.3 Å². The van der Waals surface area contributed by atoms with Crippen LogP contribution in [0, 0.1) is 0 Å². The fourth-order valence-corrected chi connectivity index (χ4v) is 3.11. The summed E-state index contributed by atoms with van der Waals surface area (Å²) in [5, 5.41) is 8.72. The minimum absolute atomic E-state index is 0.00223. The molecule has 0 saturated heterocycles. The highest BCUT2D eigenvalue weighted by molar-refractivity contribution is 7.89. The average molecular weight is 340 g/mol. The van der Waals surface area contributed by atoms with E-state index in [0.717, 1.165) is 36.8 Å². The molecule has 0 saturated carbocycles. The first-order valence-electron chi connectivity index (χ1n) is 7.05. The van der Waals surface area contributed by atoms with Gasteiger partial charge < -0.3 is 14.3 Å². The number of hydrogen-bond donors (Lipinski definition) is 2. The molecule has 1 atom stereocenters. The van der Waals surface area contributed by atoms with Crippen molar-refractivity contribution < 1.29 is 22.2 Å². The van der Waals surface area contributed by atoms with Crippen molar-refractivity contribution in [2.45, 2.75) is 31.1 Å². The number of amides is 2. The number of aryl methyl sites for hydroxylation is 1. The molecule has 2 N–H and O–H groups in total. The van der Waals surface area contributed by atoms with E-state index >= 15 is 0 Å². The highest BCUT2D eigenvalue weighted by atomic mass is 32.2. The number of furan rings is 1. The molecule has 23 heavy (non-hydrogen) atoms. The van der Waals surface area contributed by atoms with Crippen LogP contribution in [0.5, 0.6) is 0 Å². The normalized spacial score (nSPS) is 17.5. The number of fused-ring (bicyclic) bond motifs is 1. The molecule has 2 heterocycles. The maximum Gasteiger partial charge on any atom is 0.329 e. The smallest absolute Gasteiger partial charge is 0.329 e. The van der Waals surface area contributed by atoms with Crippen molar-refractivity contribution in [1.82, 2.24) is 15.5 Å². The summed E-state index contributed by atoms with van der Waals surface area (Å²) in [7, 11) is -3.27. The van der Waals surface area contributed by atoms with Crippen molar-refractivity contribution in [3.8, 4) is 0 Å². The summed E-state index contributed by atoms with van der Waals surface area (Å²) in [6.45, 7) is 0. The minimum atomic E-state index is -3.27. The monoisotopic (exact) mass is 340 g/mol. The van der Waals surface area contributed by atoms with Crippen LogP contribution in [-0.4, -0.2) is 30.8 Å². The number of nitrogens with one attached hydrogen (secondary N) is 2. The second-order valence-electron chi connectivity index (χ2n) is 5.43. The summed E-state index contributed by atoms with van der Waals surface area (Å²) >= 11 is 0. The third-order valence-corrected chi connectivity index (χ3v) is 4.22. The Labute approximate surface area is 132 Å². The zero-order valence-electron chi connectivity index (χ0n) is 12.4. The van der Waals surface area contributed by atoms with E-state index < -0.39 is 15.9 Å². The fourth-order valence-electron chi connectivity index (χ4n) is 2.53. The Morgan fingerprint density at radius 1 is 1.48 bits per heavy atom. The lowest BCUT2D eigenvalue weighted by Gasteiger charge is -2.22. The third kappa shape index (κ3) is 3.89. The molecule has 1 aliphatic carbocycles. The molecule has 124 valence electrons. The van der Waals surface area contributed by atoms with Gasteiger partial charge in [0.25, 0.3) is 0 Å². The van der Waals surface area contributed by atoms with E-state index in [1.165, 1.54) is 0 Å². The van der Waals surface area contributed by atoms with Crippen LogP contribution < -0.4 is 10.6 Å².